The molecule has 0 radical (unpaired) electrons. The number of carbonyl (C=O) groups is 3. The van der Waals surface area contributed by atoms with Gasteiger partial charge >= 0.3 is 12.4 Å². The van der Waals surface area contributed by atoms with Crippen molar-refractivity contribution in [1.82, 2.24) is 20.9 Å². The summed E-state index contributed by atoms with van der Waals surface area (Å²) < 4.78 is 60.4. The number of nitrogens with zero attached hydrogens (tertiary/aromatic N) is 1. The molecule has 194 valence electrons. The Morgan fingerprint density at radius 3 is 2.66 bits per heavy atom. The van der Waals surface area contributed by atoms with E-state index in [-0.39, 0.29) is 43.6 Å². The summed E-state index contributed by atoms with van der Waals surface area (Å²) in [6, 6.07) is 1.60. The first-order valence-electron chi connectivity index (χ1n) is 11.1. The molecule has 1 aliphatic heterocycles. The summed E-state index contributed by atoms with van der Waals surface area (Å²) in [5.74, 6) is -1.79. The van der Waals surface area contributed by atoms with Gasteiger partial charge in [-0.25, -0.2) is 9.18 Å². The van der Waals surface area contributed by atoms with Gasteiger partial charge in [0.2, 0.25) is 12.3 Å². The van der Waals surface area contributed by atoms with Crippen molar-refractivity contribution in [3.05, 3.63) is 29.6 Å². The number of ether oxygens (including phenoxy) is 2. The summed E-state index contributed by atoms with van der Waals surface area (Å²) >= 11 is 0. The topological polar surface area (TPSA) is 109 Å². The number of halogens is 4. The molecule has 0 bridgehead atoms. The molecule has 0 spiro atoms. The molecule has 2 atom stereocenters. The van der Waals surface area contributed by atoms with Gasteiger partial charge in [0, 0.05) is 56.3 Å². The van der Waals surface area contributed by atoms with Crippen molar-refractivity contribution in [3.63, 3.8) is 0 Å². The van der Waals surface area contributed by atoms with Gasteiger partial charge in [-0.2, -0.15) is 0 Å². The minimum atomic E-state index is -4.95. The lowest BCUT2D eigenvalue weighted by Crippen LogP contribution is -2.53. The largest absolute Gasteiger partial charge is 0.573 e. The second-order valence-corrected chi connectivity index (χ2v) is 8.87. The summed E-state index contributed by atoms with van der Waals surface area (Å²) in [5.41, 5.74) is -0.581. The fraction of sp³-hybridized carbons (Fsp3) is 0.591. The number of hydrogen-bond donors (Lipinski definition) is 3. The third-order valence-corrected chi connectivity index (χ3v) is 6.01. The normalized spacial score (nSPS) is 20.7. The molecule has 1 aliphatic carbocycles. The van der Waals surface area contributed by atoms with Crippen LogP contribution in [-0.4, -0.2) is 68.5 Å². The summed E-state index contributed by atoms with van der Waals surface area (Å²) in [4.78, 5) is 37.7. The summed E-state index contributed by atoms with van der Waals surface area (Å²) in [5, 5.41) is 8.01. The molecule has 2 fully saturated rings. The summed E-state index contributed by atoms with van der Waals surface area (Å²) in [6.45, 7) is 0.526. The van der Waals surface area contributed by atoms with Crippen LogP contribution in [0.3, 0.4) is 0 Å². The number of amides is 4. The van der Waals surface area contributed by atoms with E-state index in [9.17, 15) is 31.9 Å². The van der Waals surface area contributed by atoms with E-state index in [1.807, 2.05) is 0 Å². The molecule has 2 unspecified atom stereocenters. The minimum absolute atomic E-state index is 0.0207. The van der Waals surface area contributed by atoms with Crippen LogP contribution < -0.4 is 20.7 Å². The van der Waals surface area contributed by atoms with Crippen LogP contribution >= 0.6 is 0 Å². The van der Waals surface area contributed by atoms with Crippen LogP contribution in [-0.2, 0) is 20.9 Å². The molecule has 1 aromatic rings. The van der Waals surface area contributed by atoms with E-state index in [1.54, 1.807) is 4.90 Å². The lowest BCUT2D eigenvalue weighted by atomic mass is 9.80. The van der Waals surface area contributed by atoms with Crippen molar-refractivity contribution in [2.45, 2.75) is 50.7 Å². The number of benzene rings is 1. The first kappa shape index (κ1) is 26.5. The van der Waals surface area contributed by atoms with Crippen molar-refractivity contribution >= 4 is 18.3 Å². The van der Waals surface area contributed by atoms with Crippen LogP contribution in [0.25, 0.3) is 0 Å². The van der Waals surface area contributed by atoms with Gasteiger partial charge in [-0.3, -0.25) is 9.59 Å². The highest BCUT2D eigenvalue weighted by Crippen LogP contribution is 2.37. The van der Waals surface area contributed by atoms with Crippen LogP contribution in [0.15, 0.2) is 18.2 Å². The molecule has 1 aromatic carbocycles. The molecule has 3 rings (SSSR count). The molecule has 0 aromatic heterocycles. The van der Waals surface area contributed by atoms with Crippen molar-refractivity contribution in [3.8, 4) is 5.75 Å². The Balaban J connectivity index is 1.72. The molecule has 9 nitrogen and oxygen atoms in total. The first-order valence-corrected chi connectivity index (χ1v) is 11.1. The fourth-order valence-corrected chi connectivity index (χ4v) is 4.43. The van der Waals surface area contributed by atoms with Crippen molar-refractivity contribution in [1.29, 1.82) is 0 Å². The van der Waals surface area contributed by atoms with Crippen LogP contribution in [0.1, 0.15) is 31.2 Å². The predicted molar refractivity (Wildman–Crippen MR) is 115 cm³/mol. The Bertz CT molecular complexity index is 928. The van der Waals surface area contributed by atoms with E-state index in [2.05, 4.69) is 20.7 Å². The van der Waals surface area contributed by atoms with Crippen molar-refractivity contribution in [2.75, 3.05) is 26.8 Å². The van der Waals surface area contributed by atoms with E-state index < -0.39 is 35.4 Å². The van der Waals surface area contributed by atoms with E-state index in [0.717, 1.165) is 25.0 Å². The van der Waals surface area contributed by atoms with Gasteiger partial charge in [-0.15, -0.1) is 13.2 Å². The maximum absolute atomic E-state index is 14.3. The first-order chi connectivity index (χ1) is 16.6. The summed E-state index contributed by atoms with van der Waals surface area (Å²) in [7, 11) is 1.52. The fourth-order valence-electron chi connectivity index (χ4n) is 4.43. The van der Waals surface area contributed by atoms with E-state index in [0.29, 0.717) is 25.4 Å². The lowest BCUT2D eigenvalue weighted by Gasteiger charge is -2.38. The van der Waals surface area contributed by atoms with Gasteiger partial charge in [-0.05, 0) is 25.3 Å². The Labute approximate surface area is 199 Å². The van der Waals surface area contributed by atoms with Gasteiger partial charge in [0.15, 0.2) is 0 Å². The third-order valence-electron chi connectivity index (χ3n) is 6.01. The number of carbonyl (C=O) groups excluding carboxylic acids is 3. The number of nitrogens with one attached hydrogen (secondary N) is 3. The Morgan fingerprint density at radius 2 is 2.11 bits per heavy atom. The molecule has 1 heterocycles. The maximum Gasteiger partial charge on any atom is 0.573 e. The Morgan fingerprint density at radius 1 is 1.37 bits per heavy atom. The SMILES string of the molecule is COCC1(CC(CNC=O)N(C(=O)NCc2ccc(OC(F)(F)F)cc2F)C2CC2)CNC(=O)C1. The predicted octanol–water partition coefficient (Wildman–Crippen LogP) is 2.06. The minimum Gasteiger partial charge on any atom is -0.406 e. The van der Waals surface area contributed by atoms with Crippen LogP contribution in [0.4, 0.5) is 22.4 Å². The highest BCUT2D eigenvalue weighted by molar-refractivity contribution is 5.79. The van der Waals surface area contributed by atoms with E-state index in [1.165, 1.54) is 7.11 Å². The monoisotopic (exact) mass is 504 g/mol. The zero-order valence-electron chi connectivity index (χ0n) is 19.1. The number of hydrogen-bond acceptors (Lipinski definition) is 5. The molecular formula is C22H28F4N4O5. The van der Waals surface area contributed by atoms with Crippen molar-refractivity contribution in [2.24, 2.45) is 5.41 Å². The molecule has 3 N–H and O–H groups in total. The highest BCUT2D eigenvalue weighted by Gasteiger charge is 2.45. The van der Waals surface area contributed by atoms with Gasteiger partial charge < -0.3 is 30.3 Å². The molecule has 2 aliphatic rings. The quantitative estimate of drug-likeness (QED) is 0.298. The molecule has 4 amide bonds. The average Bonchev–Trinajstić information content (AvgIpc) is 3.53. The molecular weight excluding hydrogens is 476 g/mol. The van der Waals surface area contributed by atoms with Gasteiger partial charge in [0.05, 0.1) is 12.6 Å². The van der Waals surface area contributed by atoms with Crippen LogP contribution in [0, 0.1) is 11.2 Å². The van der Waals surface area contributed by atoms with Gasteiger partial charge in [0.1, 0.15) is 11.6 Å². The Kier molecular flexibility index (Phi) is 8.41. The molecule has 1 saturated carbocycles. The maximum atomic E-state index is 14.3. The van der Waals surface area contributed by atoms with Crippen LogP contribution in [0.2, 0.25) is 0 Å². The molecule has 35 heavy (non-hydrogen) atoms. The second-order valence-electron chi connectivity index (χ2n) is 8.87. The van der Waals surface area contributed by atoms with Gasteiger partial charge in [-0.1, -0.05) is 6.07 Å². The number of alkyl halides is 3. The zero-order valence-corrected chi connectivity index (χ0v) is 19.1. The summed E-state index contributed by atoms with van der Waals surface area (Å²) in [6.07, 6.45) is -2.33. The highest BCUT2D eigenvalue weighted by atomic mass is 19.4. The Hall–Kier alpha value is -3.09. The average molecular weight is 504 g/mol. The smallest absolute Gasteiger partial charge is 0.406 e. The second kappa shape index (κ2) is 11.1. The number of urea groups is 1. The lowest BCUT2D eigenvalue weighted by molar-refractivity contribution is -0.274. The van der Waals surface area contributed by atoms with Crippen LogP contribution in [0.5, 0.6) is 5.75 Å². The van der Waals surface area contributed by atoms with Gasteiger partial charge in [0.25, 0.3) is 0 Å². The zero-order chi connectivity index (χ0) is 25.6. The standard InChI is InChI=1S/C22H28F4N4O5/c1-34-12-21(8-19(32)29-11-21)7-16(10-27-13-31)30(15-3-4-15)20(33)28-9-14-2-5-17(6-18(14)23)35-22(24,25)26/h2,5-6,13,15-16H,3-4,7-12H2,1H3,(H,27,31)(H,28,33)(H,29,32). The van der Waals surface area contributed by atoms with E-state index in [4.69, 9.17) is 4.74 Å². The third kappa shape index (κ3) is 7.44. The number of rotatable bonds is 12. The number of methoxy groups -OCH3 is 1. The molecule has 1 saturated heterocycles. The van der Waals surface area contributed by atoms with Crippen molar-refractivity contribution < 1.29 is 41.4 Å². The van der Waals surface area contributed by atoms with E-state index >= 15 is 0 Å². The molecule has 13 heteroatoms.